The first kappa shape index (κ1) is 19.3. The molecule has 0 aliphatic carbocycles. The number of hydrogen-bond donors (Lipinski definition) is 1. The molecule has 2 aliphatic heterocycles. The Kier molecular flexibility index (Phi) is 5.08. The minimum Gasteiger partial charge on any atom is -0.376 e. The minimum atomic E-state index is -0.208. The number of rotatable bonds is 5. The molecule has 30 heavy (non-hydrogen) atoms. The average Bonchev–Trinajstić information content (AvgIpc) is 3.48. The number of aromatic nitrogens is 4. The Morgan fingerprint density at radius 3 is 3.03 bits per heavy atom. The molecule has 4 heterocycles. The quantitative estimate of drug-likeness (QED) is 0.631. The van der Waals surface area contributed by atoms with Crippen molar-refractivity contribution in [2.24, 2.45) is 0 Å². The predicted octanol–water partition coefficient (Wildman–Crippen LogP) is 2.22. The van der Waals surface area contributed by atoms with Gasteiger partial charge in [-0.25, -0.2) is 9.67 Å². The number of ether oxygens (including phenoxy) is 1. The highest BCUT2D eigenvalue weighted by molar-refractivity contribution is 7.99. The van der Waals surface area contributed by atoms with E-state index in [0.717, 1.165) is 30.7 Å². The molecular formula is C21H23N5O3S. The van der Waals surface area contributed by atoms with Crippen molar-refractivity contribution in [1.29, 1.82) is 0 Å². The van der Waals surface area contributed by atoms with Crippen LogP contribution in [0.3, 0.4) is 0 Å². The SMILES string of the molecule is Cc1ccccc1-n1ncc2c(=O)n3c(nc21)SCC3CC(=O)NCC1CCCO1. The average molecular weight is 426 g/mol. The number of hydrogen-bond acceptors (Lipinski definition) is 6. The Labute approximate surface area is 177 Å². The summed E-state index contributed by atoms with van der Waals surface area (Å²) in [5, 5.41) is 8.48. The van der Waals surface area contributed by atoms with Gasteiger partial charge in [-0.15, -0.1) is 0 Å². The first-order chi connectivity index (χ1) is 14.6. The minimum absolute atomic E-state index is 0.0634. The Balaban J connectivity index is 1.41. The van der Waals surface area contributed by atoms with Gasteiger partial charge in [0.15, 0.2) is 10.8 Å². The summed E-state index contributed by atoms with van der Waals surface area (Å²) in [6.45, 7) is 3.30. The van der Waals surface area contributed by atoms with E-state index in [2.05, 4.69) is 10.4 Å². The van der Waals surface area contributed by atoms with Crippen molar-refractivity contribution in [1.82, 2.24) is 24.6 Å². The number of para-hydroxylation sites is 1. The first-order valence-corrected chi connectivity index (χ1v) is 11.2. The number of nitrogens with zero attached hydrogens (tertiary/aromatic N) is 4. The van der Waals surface area contributed by atoms with Crippen molar-refractivity contribution in [3.8, 4) is 5.69 Å². The molecule has 1 saturated heterocycles. The highest BCUT2D eigenvalue weighted by atomic mass is 32.2. The van der Waals surface area contributed by atoms with Crippen molar-refractivity contribution in [2.45, 2.75) is 43.5 Å². The smallest absolute Gasteiger partial charge is 0.265 e. The standard InChI is InChI=1S/C21H23N5O3S/c1-13-5-2-3-7-17(13)26-19-16(11-23-26)20(28)25-14(12-30-21(25)24-19)9-18(27)22-10-15-6-4-8-29-15/h2-3,5,7,11,14-15H,4,6,8-10,12H2,1H3,(H,22,27). The number of thioether (sulfide) groups is 1. The van der Waals surface area contributed by atoms with Gasteiger partial charge in [0, 0.05) is 25.3 Å². The molecule has 2 aromatic heterocycles. The molecule has 1 N–H and O–H groups in total. The molecule has 2 aliphatic rings. The summed E-state index contributed by atoms with van der Waals surface area (Å²) in [4.78, 5) is 30.4. The Hall–Kier alpha value is -2.65. The van der Waals surface area contributed by atoms with Crippen LogP contribution in [0.1, 0.15) is 30.9 Å². The van der Waals surface area contributed by atoms with Gasteiger partial charge in [-0.2, -0.15) is 5.10 Å². The number of aryl methyl sites for hydroxylation is 1. The van der Waals surface area contributed by atoms with Crippen LogP contribution in [0.4, 0.5) is 0 Å². The van der Waals surface area contributed by atoms with E-state index in [-0.39, 0.29) is 30.0 Å². The molecule has 9 heteroatoms. The van der Waals surface area contributed by atoms with Gasteiger partial charge in [0.05, 0.1) is 24.0 Å². The van der Waals surface area contributed by atoms with E-state index in [1.165, 1.54) is 11.8 Å². The molecule has 0 bridgehead atoms. The lowest BCUT2D eigenvalue weighted by atomic mass is 10.2. The molecule has 1 fully saturated rings. The molecule has 0 saturated carbocycles. The zero-order valence-electron chi connectivity index (χ0n) is 16.7. The lowest BCUT2D eigenvalue weighted by Crippen LogP contribution is -2.34. The summed E-state index contributed by atoms with van der Waals surface area (Å²) in [6.07, 6.45) is 3.96. The van der Waals surface area contributed by atoms with Crippen LogP contribution in [-0.2, 0) is 9.53 Å². The maximum Gasteiger partial charge on any atom is 0.265 e. The number of fused-ring (bicyclic) bond motifs is 2. The molecule has 1 aromatic carbocycles. The van der Waals surface area contributed by atoms with Gasteiger partial charge in [-0.3, -0.25) is 14.2 Å². The molecule has 8 nitrogen and oxygen atoms in total. The Bertz CT molecular complexity index is 1170. The van der Waals surface area contributed by atoms with Crippen LogP contribution in [0.5, 0.6) is 0 Å². The Morgan fingerprint density at radius 2 is 2.23 bits per heavy atom. The number of nitrogens with one attached hydrogen (secondary N) is 1. The van der Waals surface area contributed by atoms with Crippen LogP contribution < -0.4 is 10.9 Å². The zero-order chi connectivity index (χ0) is 20.7. The maximum atomic E-state index is 13.2. The number of benzene rings is 1. The maximum absolute atomic E-state index is 13.2. The highest BCUT2D eigenvalue weighted by Crippen LogP contribution is 2.33. The molecule has 3 aromatic rings. The van der Waals surface area contributed by atoms with Crippen molar-refractivity contribution in [3.05, 3.63) is 46.4 Å². The van der Waals surface area contributed by atoms with E-state index in [9.17, 15) is 9.59 Å². The predicted molar refractivity (Wildman–Crippen MR) is 114 cm³/mol. The van der Waals surface area contributed by atoms with E-state index >= 15 is 0 Å². The fourth-order valence-electron chi connectivity index (χ4n) is 4.08. The van der Waals surface area contributed by atoms with Crippen LogP contribution in [-0.4, -0.2) is 50.2 Å². The lowest BCUT2D eigenvalue weighted by Gasteiger charge is -2.15. The van der Waals surface area contributed by atoms with Crippen LogP contribution in [0.2, 0.25) is 0 Å². The fourth-order valence-corrected chi connectivity index (χ4v) is 5.21. The van der Waals surface area contributed by atoms with Gasteiger partial charge < -0.3 is 10.1 Å². The molecule has 156 valence electrons. The van der Waals surface area contributed by atoms with Gasteiger partial charge in [0.25, 0.3) is 5.56 Å². The summed E-state index contributed by atoms with van der Waals surface area (Å²) >= 11 is 1.51. The summed E-state index contributed by atoms with van der Waals surface area (Å²) < 4.78 is 8.92. The van der Waals surface area contributed by atoms with Crippen molar-refractivity contribution >= 4 is 28.7 Å². The second-order valence-corrected chi connectivity index (χ2v) is 8.74. The third kappa shape index (κ3) is 3.41. The van der Waals surface area contributed by atoms with E-state index in [0.29, 0.717) is 28.5 Å². The van der Waals surface area contributed by atoms with E-state index in [4.69, 9.17) is 9.72 Å². The second kappa shape index (κ2) is 7.88. The zero-order valence-corrected chi connectivity index (χ0v) is 17.5. The number of amides is 1. The van der Waals surface area contributed by atoms with Gasteiger partial charge in [0.2, 0.25) is 5.91 Å². The van der Waals surface area contributed by atoms with Crippen LogP contribution in [0.15, 0.2) is 40.4 Å². The summed E-state index contributed by atoms with van der Waals surface area (Å²) in [5.74, 6) is 0.589. The van der Waals surface area contributed by atoms with Crippen molar-refractivity contribution < 1.29 is 9.53 Å². The first-order valence-electron chi connectivity index (χ1n) is 10.2. The molecular weight excluding hydrogens is 402 g/mol. The van der Waals surface area contributed by atoms with Gasteiger partial charge in [-0.05, 0) is 31.4 Å². The molecule has 0 spiro atoms. The summed E-state index contributed by atoms with van der Waals surface area (Å²) in [6, 6.07) is 7.66. The Morgan fingerprint density at radius 1 is 1.37 bits per heavy atom. The molecule has 5 rings (SSSR count). The molecule has 2 atom stereocenters. The third-order valence-electron chi connectivity index (χ3n) is 5.69. The molecule has 1 amide bonds. The van der Waals surface area contributed by atoms with E-state index in [1.54, 1.807) is 15.4 Å². The highest BCUT2D eigenvalue weighted by Gasteiger charge is 2.30. The number of carbonyl (C=O) groups excluding carboxylic acids is 1. The van der Waals surface area contributed by atoms with Gasteiger partial charge >= 0.3 is 0 Å². The van der Waals surface area contributed by atoms with E-state index in [1.807, 2.05) is 31.2 Å². The monoisotopic (exact) mass is 425 g/mol. The third-order valence-corrected chi connectivity index (χ3v) is 6.78. The topological polar surface area (TPSA) is 91.0 Å². The van der Waals surface area contributed by atoms with E-state index < -0.39 is 0 Å². The summed E-state index contributed by atoms with van der Waals surface area (Å²) in [5.41, 5.74) is 2.36. The summed E-state index contributed by atoms with van der Waals surface area (Å²) in [7, 11) is 0. The normalized spacial score (nSPS) is 20.6. The van der Waals surface area contributed by atoms with Crippen LogP contribution in [0.25, 0.3) is 16.7 Å². The van der Waals surface area contributed by atoms with Gasteiger partial charge in [0.1, 0.15) is 5.39 Å². The fraction of sp³-hybridized carbons (Fsp3) is 0.429. The molecule has 2 unspecified atom stereocenters. The van der Waals surface area contributed by atoms with Crippen LogP contribution in [0, 0.1) is 6.92 Å². The van der Waals surface area contributed by atoms with Gasteiger partial charge in [-0.1, -0.05) is 30.0 Å². The largest absolute Gasteiger partial charge is 0.376 e. The second-order valence-electron chi connectivity index (χ2n) is 7.76. The van der Waals surface area contributed by atoms with Crippen molar-refractivity contribution in [3.63, 3.8) is 0 Å². The van der Waals surface area contributed by atoms with Crippen LogP contribution >= 0.6 is 11.8 Å². The molecule has 0 radical (unpaired) electrons. The number of carbonyl (C=O) groups is 1. The van der Waals surface area contributed by atoms with Crippen molar-refractivity contribution in [2.75, 3.05) is 18.9 Å². The lowest BCUT2D eigenvalue weighted by molar-refractivity contribution is -0.122.